The van der Waals surface area contributed by atoms with Gasteiger partial charge in [0.2, 0.25) is 18.1 Å². The first-order valence-corrected chi connectivity index (χ1v) is 3.53. The third kappa shape index (κ3) is 1.46. The Bertz CT molecular complexity index is 387. The molecule has 0 radical (unpaired) electrons. The molecule has 0 aliphatic carbocycles. The summed E-state index contributed by atoms with van der Waals surface area (Å²) in [6, 6.07) is 0. The minimum absolute atomic E-state index is 0.395. The topological polar surface area (TPSA) is 73.9 Å². The van der Waals surface area contributed by atoms with Crippen molar-refractivity contribution >= 4 is 0 Å². The molecule has 66 valence electrons. The van der Waals surface area contributed by atoms with Crippen molar-refractivity contribution in [3.05, 3.63) is 18.8 Å². The molecule has 0 aromatic carbocycles. The van der Waals surface area contributed by atoms with E-state index >= 15 is 0 Å². The summed E-state index contributed by atoms with van der Waals surface area (Å²) < 4.78 is 9.47. The number of hydrogen-bond acceptors (Lipinski definition) is 6. The minimum atomic E-state index is 0.395. The largest absolute Gasteiger partial charge is 0.480 e. The van der Waals surface area contributed by atoms with Crippen LogP contribution < -0.4 is 4.74 Å². The van der Waals surface area contributed by atoms with Crippen LogP contribution in [0.4, 0.5) is 0 Å². The fraction of sp³-hybridized carbons (Fsp3) is 0.143. The van der Waals surface area contributed by atoms with Crippen molar-refractivity contribution in [2.75, 3.05) is 7.11 Å². The Hall–Kier alpha value is -1.98. The van der Waals surface area contributed by atoms with Crippen LogP contribution in [-0.4, -0.2) is 27.2 Å². The van der Waals surface area contributed by atoms with Crippen LogP contribution in [0.1, 0.15) is 0 Å². The van der Waals surface area contributed by atoms with Crippen molar-refractivity contribution in [1.29, 1.82) is 0 Å². The van der Waals surface area contributed by atoms with Crippen LogP contribution in [0, 0.1) is 0 Å². The molecule has 13 heavy (non-hydrogen) atoms. The Balaban J connectivity index is 2.41. The molecule has 0 aliphatic heterocycles. The summed E-state index contributed by atoms with van der Waals surface area (Å²) in [7, 11) is 1.52. The van der Waals surface area contributed by atoms with E-state index in [2.05, 4.69) is 24.6 Å². The van der Waals surface area contributed by atoms with E-state index in [0.29, 0.717) is 17.4 Å². The summed E-state index contributed by atoms with van der Waals surface area (Å²) in [5.74, 6) is 0.814. The van der Waals surface area contributed by atoms with Gasteiger partial charge in [-0.2, -0.15) is 4.98 Å². The molecule has 2 aromatic rings. The molecular formula is C7H6N4O2. The van der Waals surface area contributed by atoms with Gasteiger partial charge in [0.25, 0.3) is 0 Å². The highest BCUT2D eigenvalue weighted by Crippen LogP contribution is 2.12. The van der Waals surface area contributed by atoms with Crippen molar-refractivity contribution < 1.29 is 9.26 Å². The molecular weight excluding hydrogens is 172 g/mol. The SMILES string of the molecule is COc1cncc(-c2ncon2)n1. The lowest BCUT2D eigenvalue weighted by Gasteiger charge is -1.97. The highest BCUT2D eigenvalue weighted by molar-refractivity contribution is 5.46. The van der Waals surface area contributed by atoms with Crippen LogP contribution in [0.25, 0.3) is 11.5 Å². The lowest BCUT2D eigenvalue weighted by Crippen LogP contribution is -1.92. The Labute approximate surface area is 73.6 Å². The molecule has 0 spiro atoms. The first-order valence-electron chi connectivity index (χ1n) is 3.53. The van der Waals surface area contributed by atoms with Crippen LogP contribution in [0.5, 0.6) is 5.88 Å². The van der Waals surface area contributed by atoms with E-state index in [1.165, 1.54) is 25.9 Å². The molecule has 0 aliphatic rings. The Kier molecular flexibility index (Phi) is 1.87. The van der Waals surface area contributed by atoms with Crippen molar-refractivity contribution in [1.82, 2.24) is 20.1 Å². The van der Waals surface area contributed by atoms with Gasteiger partial charge in [-0.15, -0.1) is 0 Å². The highest BCUT2D eigenvalue weighted by Gasteiger charge is 2.05. The summed E-state index contributed by atoms with van der Waals surface area (Å²) >= 11 is 0. The van der Waals surface area contributed by atoms with Crippen molar-refractivity contribution in [2.45, 2.75) is 0 Å². The molecule has 0 amide bonds. The van der Waals surface area contributed by atoms with Gasteiger partial charge in [0.1, 0.15) is 5.69 Å². The molecule has 0 bridgehead atoms. The molecule has 2 aromatic heterocycles. The second kappa shape index (κ2) is 3.18. The maximum Gasteiger partial charge on any atom is 0.232 e. The molecule has 2 rings (SSSR count). The minimum Gasteiger partial charge on any atom is -0.480 e. The fourth-order valence-electron chi connectivity index (χ4n) is 0.838. The molecule has 0 atom stereocenters. The predicted molar refractivity (Wildman–Crippen MR) is 41.9 cm³/mol. The zero-order valence-corrected chi connectivity index (χ0v) is 6.84. The number of nitrogens with zero attached hydrogens (tertiary/aromatic N) is 4. The second-order valence-corrected chi connectivity index (χ2v) is 2.20. The predicted octanol–water partition coefficient (Wildman–Crippen LogP) is 0.535. The van der Waals surface area contributed by atoms with Gasteiger partial charge in [-0.25, -0.2) is 4.98 Å². The maximum atomic E-state index is 4.89. The Morgan fingerprint density at radius 1 is 1.38 bits per heavy atom. The summed E-state index contributed by atoms with van der Waals surface area (Å²) in [6.07, 6.45) is 4.27. The molecule has 6 nitrogen and oxygen atoms in total. The zero-order valence-electron chi connectivity index (χ0n) is 6.84. The normalized spacial score (nSPS) is 9.92. The van der Waals surface area contributed by atoms with Crippen molar-refractivity contribution in [2.24, 2.45) is 0 Å². The number of hydrogen-bond donors (Lipinski definition) is 0. The molecule has 0 fully saturated rings. The van der Waals surface area contributed by atoms with Crippen LogP contribution in [-0.2, 0) is 0 Å². The zero-order chi connectivity index (χ0) is 9.10. The summed E-state index contributed by atoms with van der Waals surface area (Å²) in [5.41, 5.74) is 0.521. The quantitative estimate of drug-likeness (QED) is 0.667. The van der Waals surface area contributed by atoms with Crippen molar-refractivity contribution in [3.8, 4) is 17.4 Å². The summed E-state index contributed by atoms with van der Waals surface area (Å²) in [5, 5.41) is 3.62. The van der Waals surface area contributed by atoms with E-state index in [1.54, 1.807) is 0 Å². The molecule has 0 saturated heterocycles. The van der Waals surface area contributed by atoms with Gasteiger partial charge < -0.3 is 9.26 Å². The van der Waals surface area contributed by atoms with Gasteiger partial charge >= 0.3 is 0 Å². The van der Waals surface area contributed by atoms with Crippen LogP contribution >= 0.6 is 0 Å². The molecule has 6 heteroatoms. The molecule has 0 N–H and O–H groups in total. The fourth-order valence-corrected chi connectivity index (χ4v) is 0.838. The van der Waals surface area contributed by atoms with E-state index in [9.17, 15) is 0 Å². The number of methoxy groups -OCH3 is 1. The van der Waals surface area contributed by atoms with Crippen molar-refractivity contribution in [3.63, 3.8) is 0 Å². The van der Waals surface area contributed by atoms with Gasteiger partial charge in [0.15, 0.2) is 0 Å². The van der Waals surface area contributed by atoms with Crippen LogP contribution in [0.2, 0.25) is 0 Å². The first-order chi connectivity index (χ1) is 6.40. The van der Waals surface area contributed by atoms with Gasteiger partial charge in [-0.1, -0.05) is 5.16 Å². The summed E-state index contributed by atoms with van der Waals surface area (Å²) in [4.78, 5) is 11.8. The Morgan fingerprint density at radius 2 is 2.31 bits per heavy atom. The molecule has 0 saturated carbocycles. The lowest BCUT2D eigenvalue weighted by molar-refractivity contribution is 0.395. The third-order valence-corrected chi connectivity index (χ3v) is 1.41. The Morgan fingerprint density at radius 3 is 3.00 bits per heavy atom. The monoisotopic (exact) mass is 178 g/mol. The second-order valence-electron chi connectivity index (χ2n) is 2.20. The standard InChI is InChI=1S/C7H6N4O2/c1-12-6-3-8-2-5(10-6)7-9-4-13-11-7/h2-4H,1H3. The van der Waals surface area contributed by atoms with Gasteiger partial charge in [0, 0.05) is 0 Å². The van der Waals surface area contributed by atoms with E-state index in [4.69, 9.17) is 4.74 Å². The number of ether oxygens (including phenoxy) is 1. The van der Waals surface area contributed by atoms with Crippen LogP contribution in [0.3, 0.4) is 0 Å². The van der Waals surface area contributed by atoms with Gasteiger partial charge in [-0.3, -0.25) is 4.98 Å². The number of aromatic nitrogens is 4. The average Bonchev–Trinajstić information content (AvgIpc) is 2.71. The van der Waals surface area contributed by atoms with Gasteiger partial charge in [0.05, 0.1) is 19.5 Å². The van der Waals surface area contributed by atoms with E-state index in [-0.39, 0.29) is 0 Å². The van der Waals surface area contributed by atoms with E-state index in [1.807, 2.05) is 0 Å². The van der Waals surface area contributed by atoms with Gasteiger partial charge in [-0.05, 0) is 0 Å². The van der Waals surface area contributed by atoms with Crippen LogP contribution in [0.15, 0.2) is 23.3 Å². The smallest absolute Gasteiger partial charge is 0.232 e. The maximum absolute atomic E-state index is 4.89. The van der Waals surface area contributed by atoms with E-state index in [0.717, 1.165) is 0 Å². The highest BCUT2D eigenvalue weighted by atomic mass is 16.5. The lowest BCUT2D eigenvalue weighted by atomic mass is 10.4. The molecule has 0 unspecified atom stereocenters. The third-order valence-electron chi connectivity index (χ3n) is 1.41. The average molecular weight is 178 g/mol. The summed E-state index contributed by atoms with van der Waals surface area (Å²) in [6.45, 7) is 0. The van der Waals surface area contributed by atoms with E-state index < -0.39 is 0 Å². The molecule has 2 heterocycles. The number of rotatable bonds is 2. The first kappa shape index (κ1) is 7.66.